The minimum Gasteiger partial charge on any atom is -0.491 e. The van der Waals surface area contributed by atoms with Crippen molar-refractivity contribution >= 4 is 11.0 Å². The third-order valence-electron chi connectivity index (χ3n) is 3.69. The highest BCUT2D eigenvalue weighted by Crippen LogP contribution is 2.19. The maximum absolute atomic E-state index is 10.1. The first-order chi connectivity index (χ1) is 10.2. The van der Waals surface area contributed by atoms with Crippen molar-refractivity contribution in [2.45, 2.75) is 13.0 Å². The van der Waals surface area contributed by atoms with Crippen LogP contribution < -0.4 is 10.1 Å². The summed E-state index contributed by atoms with van der Waals surface area (Å²) in [6, 6.07) is 5.74. The van der Waals surface area contributed by atoms with Crippen LogP contribution in [0.5, 0.6) is 5.75 Å². The Balaban J connectivity index is 1.52. The lowest BCUT2D eigenvalue weighted by molar-refractivity contribution is 0.0642. The van der Waals surface area contributed by atoms with Gasteiger partial charge in [-0.25, -0.2) is 4.98 Å². The van der Waals surface area contributed by atoms with Gasteiger partial charge in [0.1, 0.15) is 24.3 Å². The number of hydrogen-bond acceptors (Lipinski definition) is 5. The van der Waals surface area contributed by atoms with E-state index in [-0.39, 0.29) is 0 Å². The highest BCUT2D eigenvalue weighted by atomic mass is 16.5. The van der Waals surface area contributed by atoms with E-state index in [1.54, 1.807) is 0 Å². The fraction of sp³-hybridized carbons (Fsp3) is 0.533. The lowest BCUT2D eigenvalue weighted by Crippen LogP contribution is -2.47. The average Bonchev–Trinajstić information content (AvgIpc) is 2.85. The van der Waals surface area contributed by atoms with Crippen LogP contribution in [0.25, 0.3) is 11.0 Å². The minimum absolute atomic E-state index is 0.308. The van der Waals surface area contributed by atoms with Crippen molar-refractivity contribution < 1.29 is 9.84 Å². The molecule has 114 valence electrons. The van der Waals surface area contributed by atoms with E-state index in [4.69, 9.17) is 4.74 Å². The van der Waals surface area contributed by atoms with Crippen LogP contribution in [0.4, 0.5) is 0 Å². The number of aliphatic hydroxyl groups excluding tert-OH is 1. The monoisotopic (exact) mass is 290 g/mol. The Kier molecular flexibility index (Phi) is 4.38. The number of H-pyrrole nitrogens is 1. The molecule has 1 aliphatic rings. The normalized spacial score (nSPS) is 18.0. The van der Waals surface area contributed by atoms with Gasteiger partial charge in [-0.05, 0) is 19.1 Å². The number of hydrogen-bond donors (Lipinski definition) is 3. The van der Waals surface area contributed by atoms with E-state index < -0.39 is 6.10 Å². The number of rotatable bonds is 5. The van der Waals surface area contributed by atoms with Crippen molar-refractivity contribution in [3.63, 3.8) is 0 Å². The number of aromatic amines is 1. The van der Waals surface area contributed by atoms with E-state index in [2.05, 4.69) is 20.2 Å². The van der Waals surface area contributed by atoms with Crippen LogP contribution in [-0.4, -0.2) is 65.4 Å². The van der Waals surface area contributed by atoms with Crippen LogP contribution in [0.1, 0.15) is 5.82 Å². The third-order valence-corrected chi connectivity index (χ3v) is 3.69. The second-order valence-corrected chi connectivity index (χ2v) is 5.52. The molecule has 6 heteroatoms. The van der Waals surface area contributed by atoms with Gasteiger partial charge in [0.05, 0.1) is 11.0 Å². The molecule has 0 amide bonds. The van der Waals surface area contributed by atoms with Crippen molar-refractivity contribution in [1.29, 1.82) is 0 Å². The number of benzene rings is 1. The van der Waals surface area contributed by atoms with E-state index in [9.17, 15) is 5.11 Å². The number of aliphatic hydroxyl groups is 1. The summed E-state index contributed by atoms with van der Waals surface area (Å²) in [6.07, 6.45) is -0.470. The van der Waals surface area contributed by atoms with Gasteiger partial charge >= 0.3 is 0 Å². The third kappa shape index (κ3) is 3.72. The number of aryl methyl sites for hydroxylation is 1. The molecule has 6 nitrogen and oxygen atoms in total. The van der Waals surface area contributed by atoms with Crippen LogP contribution >= 0.6 is 0 Å². The van der Waals surface area contributed by atoms with Crippen molar-refractivity contribution in [3.8, 4) is 5.75 Å². The number of nitrogens with one attached hydrogen (secondary N) is 2. The zero-order valence-electron chi connectivity index (χ0n) is 12.3. The molecule has 0 aliphatic carbocycles. The molecule has 0 bridgehead atoms. The van der Waals surface area contributed by atoms with Gasteiger partial charge in [-0.1, -0.05) is 0 Å². The van der Waals surface area contributed by atoms with Crippen LogP contribution in [0.2, 0.25) is 0 Å². The molecule has 1 saturated heterocycles. The predicted octanol–water partition coefficient (Wildman–Crippen LogP) is 0.516. The van der Waals surface area contributed by atoms with Crippen molar-refractivity contribution in [1.82, 2.24) is 20.2 Å². The molecule has 3 rings (SSSR count). The first-order valence-electron chi connectivity index (χ1n) is 7.41. The lowest BCUT2D eigenvalue weighted by atomic mass is 10.3. The van der Waals surface area contributed by atoms with E-state index in [0.717, 1.165) is 48.8 Å². The van der Waals surface area contributed by atoms with Gasteiger partial charge < -0.3 is 20.1 Å². The average molecular weight is 290 g/mol. The quantitative estimate of drug-likeness (QED) is 0.748. The molecule has 1 aliphatic heterocycles. The van der Waals surface area contributed by atoms with Gasteiger partial charge in [-0.3, -0.25) is 4.90 Å². The van der Waals surface area contributed by atoms with E-state index in [0.29, 0.717) is 13.2 Å². The van der Waals surface area contributed by atoms with Crippen LogP contribution in [0, 0.1) is 6.92 Å². The number of ether oxygens (including phenoxy) is 1. The number of imidazole rings is 1. The fourth-order valence-electron chi connectivity index (χ4n) is 2.64. The van der Waals surface area contributed by atoms with Crippen molar-refractivity contribution in [3.05, 3.63) is 24.0 Å². The van der Waals surface area contributed by atoms with Gasteiger partial charge in [-0.15, -0.1) is 0 Å². The number of β-amino-alcohol motifs (C(OH)–C–C–N with tert-alkyl or cyclic N) is 1. The summed E-state index contributed by atoms with van der Waals surface area (Å²) in [5.74, 6) is 1.64. The molecule has 1 aromatic heterocycles. The lowest BCUT2D eigenvalue weighted by Gasteiger charge is -2.28. The molecule has 2 heterocycles. The molecule has 2 aromatic rings. The minimum atomic E-state index is -0.470. The summed E-state index contributed by atoms with van der Waals surface area (Å²) < 4.78 is 5.69. The molecule has 1 atom stereocenters. The van der Waals surface area contributed by atoms with E-state index in [1.165, 1.54) is 0 Å². The highest BCUT2D eigenvalue weighted by molar-refractivity contribution is 5.76. The molecule has 21 heavy (non-hydrogen) atoms. The maximum Gasteiger partial charge on any atom is 0.121 e. The zero-order chi connectivity index (χ0) is 14.7. The molecule has 0 spiro atoms. The largest absolute Gasteiger partial charge is 0.491 e. The number of aromatic nitrogens is 2. The van der Waals surface area contributed by atoms with Crippen LogP contribution in [0.15, 0.2) is 18.2 Å². The standard InChI is InChI=1S/C15H22N4O2/c1-11-17-14-3-2-13(8-15(14)18-11)21-10-12(20)9-19-6-4-16-5-7-19/h2-3,8,12,16,20H,4-7,9-10H2,1H3,(H,17,18). The Labute approximate surface area is 124 Å². The Hall–Kier alpha value is -1.63. The number of nitrogens with zero attached hydrogens (tertiary/aromatic N) is 2. The maximum atomic E-state index is 10.1. The highest BCUT2D eigenvalue weighted by Gasteiger charge is 2.14. The molecular weight excluding hydrogens is 268 g/mol. The van der Waals surface area contributed by atoms with E-state index >= 15 is 0 Å². The smallest absolute Gasteiger partial charge is 0.121 e. The molecule has 3 N–H and O–H groups in total. The van der Waals surface area contributed by atoms with Gasteiger partial charge in [0.25, 0.3) is 0 Å². The Morgan fingerprint density at radius 3 is 3.00 bits per heavy atom. The molecule has 1 fully saturated rings. The Morgan fingerprint density at radius 1 is 1.38 bits per heavy atom. The number of piperazine rings is 1. The summed E-state index contributed by atoms with van der Waals surface area (Å²) in [5.41, 5.74) is 1.89. The Morgan fingerprint density at radius 2 is 2.19 bits per heavy atom. The first kappa shape index (κ1) is 14.3. The molecule has 0 saturated carbocycles. The van der Waals surface area contributed by atoms with Gasteiger partial charge in [0.2, 0.25) is 0 Å². The van der Waals surface area contributed by atoms with Crippen molar-refractivity contribution in [2.75, 3.05) is 39.3 Å². The SMILES string of the molecule is Cc1nc2ccc(OCC(O)CN3CCNCC3)cc2[nH]1. The van der Waals surface area contributed by atoms with Crippen LogP contribution in [-0.2, 0) is 0 Å². The van der Waals surface area contributed by atoms with Gasteiger partial charge in [0.15, 0.2) is 0 Å². The Bertz CT molecular complexity index is 592. The fourth-order valence-corrected chi connectivity index (χ4v) is 2.64. The summed E-state index contributed by atoms with van der Waals surface area (Å²) >= 11 is 0. The molecule has 1 aromatic carbocycles. The van der Waals surface area contributed by atoms with Crippen LogP contribution in [0.3, 0.4) is 0 Å². The molecule has 1 unspecified atom stereocenters. The summed E-state index contributed by atoms with van der Waals surface area (Å²) in [7, 11) is 0. The van der Waals surface area contributed by atoms with Gasteiger partial charge in [-0.2, -0.15) is 0 Å². The predicted molar refractivity (Wildman–Crippen MR) is 81.6 cm³/mol. The summed E-state index contributed by atoms with van der Waals surface area (Å²) in [6.45, 7) is 6.84. The topological polar surface area (TPSA) is 73.4 Å². The van der Waals surface area contributed by atoms with E-state index in [1.807, 2.05) is 25.1 Å². The zero-order valence-corrected chi connectivity index (χ0v) is 12.3. The molecular formula is C15H22N4O2. The second-order valence-electron chi connectivity index (χ2n) is 5.52. The number of fused-ring (bicyclic) bond motifs is 1. The first-order valence-corrected chi connectivity index (χ1v) is 7.41. The van der Waals surface area contributed by atoms with Gasteiger partial charge in [0, 0.05) is 38.8 Å². The molecule has 0 radical (unpaired) electrons. The summed E-state index contributed by atoms with van der Waals surface area (Å²) in [5, 5.41) is 13.4. The second kappa shape index (κ2) is 6.43. The van der Waals surface area contributed by atoms with Crippen molar-refractivity contribution in [2.24, 2.45) is 0 Å². The summed E-state index contributed by atoms with van der Waals surface area (Å²) in [4.78, 5) is 9.79.